The molecule has 3 amide bonds. The van der Waals surface area contributed by atoms with Gasteiger partial charge in [-0.25, -0.2) is 19.3 Å². The third-order valence-electron chi connectivity index (χ3n) is 4.92. The number of benzene rings is 2. The molecule has 1 aliphatic rings. The van der Waals surface area contributed by atoms with Crippen LogP contribution in [0.4, 0.5) is 9.59 Å². The molecule has 2 aromatic rings. The van der Waals surface area contributed by atoms with Gasteiger partial charge < -0.3 is 19.5 Å². The van der Waals surface area contributed by atoms with E-state index in [1.165, 1.54) is 6.92 Å². The lowest BCUT2D eigenvalue weighted by molar-refractivity contribution is -0.182. The van der Waals surface area contributed by atoms with E-state index in [0.717, 1.165) is 10.5 Å². The zero-order valence-electron chi connectivity index (χ0n) is 19.5. The van der Waals surface area contributed by atoms with E-state index >= 15 is 0 Å². The second kappa shape index (κ2) is 10.4. The van der Waals surface area contributed by atoms with Crippen molar-refractivity contribution in [3.8, 4) is 0 Å². The summed E-state index contributed by atoms with van der Waals surface area (Å²) in [5, 5.41) is 2.39. The fourth-order valence-electron chi connectivity index (χ4n) is 3.29. The van der Waals surface area contributed by atoms with Crippen molar-refractivity contribution >= 4 is 24.1 Å². The average molecular weight is 469 g/mol. The summed E-state index contributed by atoms with van der Waals surface area (Å²) in [6.45, 7) is 6.52. The minimum Gasteiger partial charge on any atom is -0.448 e. The minimum absolute atomic E-state index is 0.0382. The zero-order chi connectivity index (χ0) is 24.9. The Morgan fingerprint density at radius 1 is 1.00 bits per heavy atom. The van der Waals surface area contributed by atoms with Gasteiger partial charge in [-0.15, -0.1) is 0 Å². The van der Waals surface area contributed by atoms with E-state index in [0.29, 0.717) is 5.56 Å². The summed E-state index contributed by atoms with van der Waals surface area (Å²) in [5.74, 6) is -1.53. The second-order valence-corrected chi connectivity index (χ2v) is 8.83. The van der Waals surface area contributed by atoms with Crippen LogP contribution in [0.2, 0.25) is 0 Å². The van der Waals surface area contributed by atoms with Gasteiger partial charge in [-0.05, 0) is 38.8 Å². The smallest absolute Gasteiger partial charge is 0.417 e. The molecule has 0 spiro atoms. The topological polar surface area (TPSA) is 111 Å². The molecular weight excluding hydrogens is 440 g/mol. The van der Waals surface area contributed by atoms with Crippen molar-refractivity contribution in [2.24, 2.45) is 0 Å². The molecule has 9 heteroatoms. The summed E-state index contributed by atoms with van der Waals surface area (Å²) >= 11 is 0. The Balaban J connectivity index is 1.63. The molecular formula is C25H28N2O7. The Hall–Kier alpha value is -3.88. The molecule has 0 radical (unpaired) electrons. The van der Waals surface area contributed by atoms with Gasteiger partial charge >= 0.3 is 18.2 Å². The number of β-lactam (4-membered cyclic amide) rings is 1. The van der Waals surface area contributed by atoms with Crippen molar-refractivity contribution in [1.29, 1.82) is 0 Å². The van der Waals surface area contributed by atoms with Gasteiger partial charge in [0.1, 0.15) is 24.3 Å². The molecule has 1 saturated heterocycles. The lowest BCUT2D eigenvalue weighted by atomic mass is 9.91. The minimum atomic E-state index is -1.23. The van der Waals surface area contributed by atoms with Gasteiger partial charge in [0.2, 0.25) is 6.10 Å². The summed E-state index contributed by atoms with van der Waals surface area (Å²) in [4.78, 5) is 50.9. The standard InChI is InChI=1S/C25H28N2O7/c1-16(26-23(30)32-15-17-11-7-5-8-12-17)22(29)33-20-19(18-13-9-6-10-14-18)27(21(20)28)24(31)34-25(2,3)4/h5-14,16,19-20H,15H2,1-4H3,(H,26,30)/t16?,19-,20+/m0/s1. The number of ether oxygens (including phenoxy) is 3. The molecule has 34 heavy (non-hydrogen) atoms. The summed E-state index contributed by atoms with van der Waals surface area (Å²) in [6.07, 6.45) is -2.86. The normalized spacial score (nSPS) is 18.4. The van der Waals surface area contributed by atoms with E-state index in [4.69, 9.17) is 14.2 Å². The Bertz CT molecular complexity index is 1030. The van der Waals surface area contributed by atoms with Crippen molar-refractivity contribution in [3.05, 3.63) is 71.8 Å². The summed E-state index contributed by atoms with van der Waals surface area (Å²) in [5.41, 5.74) is 0.591. The number of hydrogen-bond donors (Lipinski definition) is 1. The number of esters is 1. The lowest BCUT2D eigenvalue weighted by Crippen LogP contribution is -2.63. The molecule has 9 nitrogen and oxygen atoms in total. The highest BCUT2D eigenvalue weighted by molar-refractivity contribution is 6.02. The highest BCUT2D eigenvalue weighted by atomic mass is 16.6. The van der Waals surface area contributed by atoms with Crippen LogP contribution >= 0.6 is 0 Å². The number of rotatable bonds is 6. The van der Waals surface area contributed by atoms with Gasteiger partial charge in [-0.2, -0.15) is 0 Å². The third-order valence-corrected chi connectivity index (χ3v) is 4.92. The molecule has 2 aromatic carbocycles. The van der Waals surface area contributed by atoms with E-state index in [2.05, 4.69) is 5.32 Å². The molecule has 1 heterocycles. The monoisotopic (exact) mass is 468 g/mol. The number of likely N-dealkylation sites (tertiary alicyclic amines) is 1. The molecule has 0 aromatic heterocycles. The van der Waals surface area contributed by atoms with Gasteiger partial charge in [0, 0.05) is 0 Å². The zero-order valence-corrected chi connectivity index (χ0v) is 19.5. The van der Waals surface area contributed by atoms with Gasteiger partial charge in [0.15, 0.2) is 0 Å². The van der Waals surface area contributed by atoms with Crippen LogP contribution in [0.5, 0.6) is 0 Å². The van der Waals surface area contributed by atoms with E-state index in [9.17, 15) is 19.2 Å². The number of hydrogen-bond acceptors (Lipinski definition) is 7. The van der Waals surface area contributed by atoms with Crippen LogP contribution in [0.25, 0.3) is 0 Å². The van der Waals surface area contributed by atoms with Crippen molar-refractivity contribution < 1.29 is 33.4 Å². The second-order valence-electron chi connectivity index (χ2n) is 8.83. The fourth-order valence-corrected chi connectivity index (χ4v) is 3.29. The Morgan fingerprint density at radius 3 is 2.18 bits per heavy atom. The van der Waals surface area contributed by atoms with Crippen LogP contribution in [0.1, 0.15) is 44.9 Å². The number of nitrogens with zero attached hydrogens (tertiary/aromatic N) is 1. The maximum Gasteiger partial charge on any atom is 0.417 e. The molecule has 1 N–H and O–H groups in total. The quantitative estimate of drug-likeness (QED) is 0.391. The van der Waals surface area contributed by atoms with Gasteiger partial charge in [-0.1, -0.05) is 60.7 Å². The Morgan fingerprint density at radius 2 is 1.59 bits per heavy atom. The number of carbonyl (C=O) groups excluding carboxylic acids is 4. The molecule has 0 bridgehead atoms. The van der Waals surface area contributed by atoms with Gasteiger partial charge in [0.25, 0.3) is 5.91 Å². The maximum absolute atomic E-state index is 12.7. The van der Waals surface area contributed by atoms with Crippen LogP contribution in [-0.2, 0) is 30.4 Å². The predicted molar refractivity (Wildman–Crippen MR) is 121 cm³/mol. The van der Waals surface area contributed by atoms with Crippen LogP contribution in [0, 0.1) is 0 Å². The van der Waals surface area contributed by atoms with Crippen LogP contribution in [0.3, 0.4) is 0 Å². The molecule has 3 rings (SSSR count). The fraction of sp³-hybridized carbons (Fsp3) is 0.360. The Labute approximate surface area is 198 Å². The number of nitrogens with one attached hydrogen (secondary N) is 1. The molecule has 3 atom stereocenters. The first kappa shape index (κ1) is 24.8. The van der Waals surface area contributed by atoms with Crippen LogP contribution < -0.4 is 5.32 Å². The highest BCUT2D eigenvalue weighted by Gasteiger charge is 2.55. The first-order valence-electron chi connectivity index (χ1n) is 10.9. The van der Waals surface area contributed by atoms with E-state index in [-0.39, 0.29) is 6.61 Å². The first-order valence-corrected chi connectivity index (χ1v) is 10.9. The summed E-state index contributed by atoms with van der Waals surface area (Å²) in [6, 6.07) is 15.9. The predicted octanol–water partition coefficient (Wildman–Crippen LogP) is 3.73. The number of carbonyl (C=O) groups is 4. The number of amides is 3. The number of alkyl carbamates (subject to hydrolysis) is 1. The molecule has 180 valence electrons. The SMILES string of the molecule is CC(NC(=O)OCc1ccccc1)C(=O)O[C@H]1C(=O)N(C(=O)OC(C)(C)C)[C@H]1c1ccccc1. The van der Waals surface area contributed by atoms with Gasteiger partial charge in [0.05, 0.1) is 0 Å². The number of imide groups is 1. The first-order chi connectivity index (χ1) is 16.1. The van der Waals surface area contributed by atoms with E-state index in [1.54, 1.807) is 63.2 Å². The van der Waals surface area contributed by atoms with Crippen molar-refractivity contribution in [1.82, 2.24) is 10.2 Å². The Kier molecular flexibility index (Phi) is 7.55. The van der Waals surface area contributed by atoms with E-state index < -0.39 is 47.9 Å². The van der Waals surface area contributed by atoms with Gasteiger partial charge in [-0.3, -0.25) is 4.79 Å². The third kappa shape index (κ3) is 6.12. The largest absolute Gasteiger partial charge is 0.448 e. The highest BCUT2D eigenvalue weighted by Crippen LogP contribution is 2.38. The van der Waals surface area contributed by atoms with Crippen molar-refractivity contribution in [2.45, 2.75) is 58.1 Å². The van der Waals surface area contributed by atoms with Crippen molar-refractivity contribution in [2.75, 3.05) is 0 Å². The van der Waals surface area contributed by atoms with Crippen LogP contribution in [0.15, 0.2) is 60.7 Å². The average Bonchev–Trinajstić information content (AvgIpc) is 2.79. The molecule has 1 fully saturated rings. The van der Waals surface area contributed by atoms with Crippen LogP contribution in [-0.4, -0.2) is 46.7 Å². The lowest BCUT2D eigenvalue weighted by Gasteiger charge is -2.44. The van der Waals surface area contributed by atoms with Crippen molar-refractivity contribution in [3.63, 3.8) is 0 Å². The van der Waals surface area contributed by atoms with E-state index in [1.807, 2.05) is 18.2 Å². The molecule has 1 aliphatic heterocycles. The summed E-state index contributed by atoms with van der Waals surface area (Å²) in [7, 11) is 0. The molecule has 0 aliphatic carbocycles. The summed E-state index contributed by atoms with van der Waals surface area (Å²) < 4.78 is 15.8. The maximum atomic E-state index is 12.7. The molecule has 1 unspecified atom stereocenters. The molecule has 0 saturated carbocycles.